The number of rotatable bonds is 2. The van der Waals surface area contributed by atoms with Crippen LogP contribution in [0.5, 0.6) is 0 Å². The summed E-state index contributed by atoms with van der Waals surface area (Å²) in [6.45, 7) is 6.06. The van der Waals surface area contributed by atoms with Crippen LogP contribution < -0.4 is 0 Å². The van der Waals surface area contributed by atoms with Gasteiger partial charge in [0.2, 0.25) is 0 Å². The van der Waals surface area contributed by atoms with Gasteiger partial charge in [-0.2, -0.15) is 5.10 Å². The van der Waals surface area contributed by atoms with Crippen molar-refractivity contribution in [2.75, 3.05) is 0 Å². The molecule has 0 aliphatic heterocycles. The third-order valence-electron chi connectivity index (χ3n) is 2.25. The van der Waals surface area contributed by atoms with Crippen LogP contribution in [0.15, 0.2) is 16.9 Å². The minimum atomic E-state index is 0.281. The maximum atomic E-state index is 6.18. The molecule has 0 aromatic carbocycles. The second-order valence-corrected chi connectivity index (χ2v) is 4.05. The first-order chi connectivity index (χ1) is 7.11. The van der Waals surface area contributed by atoms with Gasteiger partial charge < -0.3 is 4.52 Å². The summed E-state index contributed by atoms with van der Waals surface area (Å²) in [5.74, 6) is 0. The normalized spacial score (nSPS) is 11.3. The number of halogens is 1. The molecule has 4 nitrogen and oxygen atoms in total. The van der Waals surface area contributed by atoms with Gasteiger partial charge in [-0.1, -0.05) is 16.8 Å². The van der Waals surface area contributed by atoms with Crippen LogP contribution in [0, 0.1) is 6.92 Å². The molecule has 0 spiro atoms. The number of hydrogen-bond acceptors (Lipinski definition) is 3. The maximum Gasteiger partial charge on any atom is 0.135 e. The zero-order valence-corrected chi connectivity index (χ0v) is 9.62. The molecule has 0 atom stereocenters. The molecule has 2 aromatic rings. The lowest BCUT2D eigenvalue weighted by atomic mass is 10.3. The molecule has 0 saturated carbocycles. The summed E-state index contributed by atoms with van der Waals surface area (Å²) in [5.41, 5.74) is 2.30. The smallest absolute Gasteiger partial charge is 0.135 e. The minimum Gasteiger partial charge on any atom is -0.364 e. The molecular weight excluding hydrogens is 214 g/mol. The van der Waals surface area contributed by atoms with Crippen LogP contribution in [-0.4, -0.2) is 14.9 Å². The van der Waals surface area contributed by atoms with Gasteiger partial charge in [0, 0.05) is 12.1 Å². The Kier molecular flexibility index (Phi) is 2.52. The van der Waals surface area contributed by atoms with E-state index < -0.39 is 0 Å². The second-order valence-electron chi connectivity index (χ2n) is 3.67. The third kappa shape index (κ3) is 1.65. The SMILES string of the molecule is Cc1c(Cl)c(-c2ccon2)nn1C(C)C. The Morgan fingerprint density at radius 1 is 1.47 bits per heavy atom. The lowest BCUT2D eigenvalue weighted by Crippen LogP contribution is -2.04. The highest BCUT2D eigenvalue weighted by Crippen LogP contribution is 2.29. The molecule has 0 fully saturated rings. The monoisotopic (exact) mass is 225 g/mol. The minimum absolute atomic E-state index is 0.281. The Labute approximate surface area is 92.8 Å². The standard InChI is InChI=1S/C10H12ClN3O/c1-6(2)14-7(3)9(11)10(12-14)8-4-5-15-13-8/h4-6H,1-3H3. The first-order valence-electron chi connectivity index (χ1n) is 4.76. The summed E-state index contributed by atoms with van der Waals surface area (Å²) < 4.78 is 6.66. The number of hydrogen-bond donors (Lipinski definition) is 0. The molecule has 2 heterocycles. The second kappa shape index (κ2) is 3.70. The molecule has 80 valence electrons. The highest BCUT2D eigenvalue weighted by Gasteiger charge is 2.17. The average Bonchev–Trinajstić information content (AvgIpc) is 2.77. The molecule has 0 bridgehead atoms. The van der Waals surface area contributed by atoms with Crippen LogP contribution in [0.25, 0.3) is 11.4 Å². The number of nitrogens with zero attached hydrogens (tertiary/aromatic N) is 3. The van der Waals surface area contributed by atoms with Gasteiger partial charge in [0.1, 0.15) is 17.7 Å². The van der Waals surface area contributed by atoms with E-state index in [0.717, 1.165) is 5.69 Å². The van der Waals surface area contributed by atoms with Gasteiger partial charge in [0.25, 0.3) is 0 Å². The van der Waals surface area contributed by atoms with Gasteiger partial charge in [-0.05, 0) is 20.8 Å². The van der Waals surface area contributed by atoms with E-state index in [9.17, 15) is 0 Å². The lowest BCUT2D eigenvalue weighted by molar-refractivity contribution is 0.421. The van der Waals surface area contributed by atoms with Crippen molar-refractivity contribution in [2.24, 2.45) is 0 Å². The van der Waals surface area contributed by atoms with Crippen LogP contribution in [0.3, 0.4) is 0 Å². The van der Waals surface area contributed by atoms with E-state index in [1.54, 1.807) is 6.07 Å². The van der Waals surface area contributed by atoms with Crippen LogP contribution >= 0.6 is 11.6 Å². The van der Waals surface area contributed by atoms with Gasteiger partial charge in [-0.25, -0.2) is 0 Å². The van der Waals surface area contributed by atoms with E-state index in [0.29, 0.717) is 16.4 Å². The van der Waals surface area contributed by atoms with Crippen LogP contribution in [0.2, 0.25) is 5.02 Å². The van der Waals surface area contributed by atoms with Crippen molar-refractivity contribution in [1.82, 2.24) is 14.9 Å². The fourth-order valence-electron chi connectivity index (χ4n) is 1.50. The topological polar surface area (TPSA) is 43.9 Å². The molecule has 0 N–H and O–H groups in total. The highest BCUT2D eigenvalue weighted by molar-refractivity contribution is 6.33. The summed E-state index contributed by atoms with van der Waals surface area (Å²) in [4.78, 5) is 0. The van der Waals surface area contributed by atoms with Crippen molar-refractivity contribution in [3.05, 3.63) is 23.0 Å². The van der Waals surface area contributed by atoms with Gasteiger partial charge in [0.15, 0.2) is 0 Å². The van der Waals surface area contributed by atoms with Crippen molar-refractivity contribution in [3.63, 3.8) is 0 Å². The Morgan fingerprint density at radius 2 is 2.20 bits per heavy atom. The van der Waals surface area contributed by atoms with Gasteiger partial charge >= 0.3 is 0 Å². The fourth-order valence-corrected chi connectivity index (χ4v) is 1.72. The van der Waals surface area contributed by atoms with Crippen LogP contribution in [0.1, 0.15) is 25.6 Å². The molecule has 5 heteroatoms. The van der Waals surface area contributed by atoms with Crippen LogP contribution in [-0.2, 0) is 0 Å². The molecule has 2 rings (SSSR count). The lowest BCUT2D eigenvalue weighted by Gasteiger charge is -2.06. The maximum absolute atomic E-state index is 6.18. The average molecular weight is 226 g/mol. The molecule has 0 amide bonds. The Balaban J connectivity index is 2.55. The van der Waals surface area contributed by atoms with E-state index in [-0.39, 0.29) is 6.04 Å². The fraction of sp³-hybridized carbons (Fsp3) is 0.400. The summed E-state index contributed by atoms with van der Waals surface area (Å²) in [5, 5.41) is 8.88. The quantitative estimate of drug-likeness (QED) is 0.789. The van der Waals surface area contributed by atoms with Gasteiger partial charge in [0.05, 0.1) is 10.7 Å². The third-order valence-corrected chi connectivity index (χ3v) is 2.70. The van der Waals surface area contributed by atoms with Gasteiger partial charge in [-0.3, -0.25) is 4.68 Å². The summed E-state index contributed by atoms with van der Waals surface area (Å²) >= 11 is 6.18. The summed E-state index contributed by atoms with van der Waals surface area (Å²) in [6.07, 6.45) is 1.51. The first kappa shape index (κ1) is 10.2. The van der Waals surface area contributed by atoms with E-state index in [1.807, 2.05) is 11.6 Å². The molecule has 15 heavy (non-hydrogen) atoms. The Hall–Kier alpha value is -1.29. The molecule has 2 aromatic heterocycles. The van der Waals surface area contributed by atoms with Crippen molar-refractivity contribution < 1.29 is 4.52 Å². The highest BCUT2D eigenvalue weighted by atomic mass is 35.5. The molecular formula is C10H12ClN3O. The van der Waals surface area contributed by atoms with Gasteiger partial charge in [-0.15, -0.1) is 0 Å². The van der Waals surface area contributed by atoms with Crippen LogP contribution in [0.4, 0.5) is 0 Å². The zero-order chi connectivity index (χ0) is 11.0. The van der Waals surface area contributed by atoms with Crippen molar-refractivity contribution in [3.8, 4) is 11.4 Å². The Bertz CT molecular complexity index is 459. The van der Waals surface area contributed by atoms with E-state index in [4.69, 9.17) is 16.1 Å². The van der Waals surface area contributed by atoms with E-state index in [2.05, 4.69) is 24.1 Å². The largest absolute Gasteiger partial charge is 0.364 e. The molecule has 0 unspecified atom stereocenters. The Morgan fingerprint density at radius 3 is 2.67 bits per heavy atom. The predicted octanol–water partition coefficient (Wildman–Crippen LogP) is 3.08. The molecule has 0 saturated heterocycles. The van der Waals surface area contributed by atoms with Crippen molar-refractivity contribution in [1.29, 1.82) is 0 Å². The van der Waals surface area contributed by atoms with Crippen molar-refractivity contribution >= 4 is 11.6 Å². The first-order valence-corrected chi connectivity index (χ1v) is 5.14. The van der Waals surface area contributed by atoms with E-state index >= 15 is 0 Å². The molecule has 0 aliphatic carbocycles. The predicted molar refractivity (Wildman–Crippen MR) is 57.9 cm³/mol. The van der Waals surface area contributed by atoms with Crippen molar-refractivity contribution in [2.45, 2.75) is 26.8 Å². The van der Waals surface area contributed by atoms with E-state index in [1.165, 1.54) is 6.26 Å². The number of aromatic nitrogens is 3. The summed E-state index contributed by atoms with van der Waals surface area (Å²) in [7, 11) is 0. The molecule has 0 radical (unpaired) electrons. The molecule has 0 aliphatic rings. The zero-order valence-electron chi connectivity index (χ0n) is 8.86. The summed E-state index contributed by atoms with van der Waals surface area (Å²) in [6, 6.07) is 2.03.